The van der Waals surface area contributed by atoms with Gasteiger partial charge in [0.1, 0.15) is 6.17 Å². The van der Waals surface area contributed by atoms with Crippen molar-refractivity contribution in [2.24, 2.45) is 0 Å². The van der Waals surface area contributed by atoms with Gasteiger partial charge >= 0.3 is 0 Å². The van der Waals surface area contributed by atoms with Crippen molar-refractivity contribution < 1.29 is 4.39 Å². The Kier molecular flexibility index (Phi) is 2.82. The highest BCUT2D eigenvalue weighted by Crippen LogP contribution is 2.26. The number of hydrogen-bond acceptors (Lipinski definition) is 1. The molecule has 0 amide bonds. The van der Waals surface area contributed by atoms with Gasteiger partial charge in [0.25, 0.3) is 0 Å². The maximum Gasteiger partial charge on any atom is 0.109 e. The molecule has 1 N–H and O–H groups in total. The van der Waals surface area contributed by atoms with E-state index in [4.69, 9.17) is 0 Å². The molecule has 1 aliphatic heterocycles. The van der Waals surface area contributed by atoms with E-state index < -0.39 is 6.17 Å². The minimum atomic E-state index is -0.682. The molecule has 1 heterocycles. The Labute approximate surface area is 84.3 Å². The van der Waals surface area contributed by atoms with Crippen molar-refractivity contribution in [1.29, 1.82) is 0 Å². The molecule has 0 bridgehead atoms. The van der Waals surface area contributed by atoms with E-state index in [1.165, 1.54) is 5.56 Å². The average Bonchev–Trinajstić information content (AvgIpc) is 2.20. The maximum absolute atomic E-state index is 13.6. The van der Waals surface area contributed by atoms with Gasteiger partial charge < -0.3 is 5.32 Å². The molecule has 1 aromatic carbocycles. The summed E-state index contributed by atoms with van der Waals surface area (Å²) in [4.78, 5) is 0. The zero-order valence-electron chi connectivity index (χ0n) is 8.46. The molecule has 0 aromatic heterocycles. The van der Waals surface area contributed by atoms with Crippen LogP contribution in [0.1, 0.15) is 23.5 Å². The predicted octanol–water partition coefficient (Wildman–Crippen LogP) is 2.41. The molecule has 1 aromatic rings. The third-order valence-electron chi connectivity index (χ3n) is 2.90. The first-order valence-corrected chi connectivity index (χ1v) is 5.19. The number of benzene rings is 1. The van der Waals surface area contributed by atoms with Crippen LogP contribution >= 0.6 is 0 Å². The Morgan fingerprint density at radius 2 is 2.00 bits per heavy atom. The smallest absolute Gasteiger partial charge is 0.109 e. The number of rotatable bonds is 1. The molecule has 0 saturated carbocycles. The Hall–Kier alpha value is -0.890. The second-order valence-electron chi connectivity index (χ2n) is 4.03. The standard InChI is InChI=1S/C12H16FN/c1-9-2-4-10(5-3-9)11-8-14-7-6-12(11)13/h2-5,11-12,14H,6-8H2,1H3. The second-order valence-corrected chi connectivity index (χ2v) is 4.03. The number of aryl methyl sites for hydroxylation is 1. The Balaban J connectivity index is 2.16. The lowest BCUT2D eigenvalue weighted by Crippen LogP contribution is -2.36. The van der Waals surface area contributed by atoms with Crippen molar-refractivity contribution in [3.05, 3.63) is 35.4 Å². The third kappa shape index (κ3) is 1.95. The molecule has 2 atom stereocenters. The lowest BCUT2D eigenvalue weighted by Gasteiger charge is -2.27. The van der Waals surface area contributed by atoms with Crippen molar-refractivity contribution in [3.8, 4) is 0 Å². The summed E-state index contributed by atoms with van der Waals surface area (Å²) in [7, 11) is 0. The van der Waals surface area contributed by atoms with Crippen LogP contribution in [0.3, 0.4) is 0 Å². The zero-order chi connectivity index (χ0) is 9.97. The summed E-state index contributed by atoms with van der Waals surface area (Å²) >= 11 is 0. The summed E-state index contributed by atoms with van der Waals surface area (Å²) in [6.07, 6.45) is -0.0441. The highest BCUT2D eigenvalue weighted by molar-refractivity contribution is 5.26. The van der Waals surface area contributed by atoms with Crippen LogP contribution < -0.4 is 5.32 Å². The van der Waals surface area contributed by atoms with E-state index in [9.17, 15) is 4.39 Å². The molecule has 76 valence electrons. The highest BCUT2D eigenvalue weighted by atomic mass is 19.1. The van der Waals surface area contributed by atoms with Crippen LogP contribution in [0.15, 0.2) is 24.3 Å². The molecular formula is C12H16FN. The van der Waals surface area contributed by atoms with Gasteiger partial charge in [-0.3, -0.25) is 0 Å². The van der Waals surface area contributed by atoms with Crippen molar-refractivity contribution in [3.63, 3.8) is 0 Å². The summed E-state index contributed by atoms with van der Waals surface area (Å²) in [5.41, 5.74) is 2.35. The van der Waals surface area contributed by atoms with E-state index in [1.807, 2.05) is 12.1 Å². The fourth-order valence-electron chi connectivity index (χ4n) is 1.97. The van der Waals surface area contributed by atoms with Gasteiger partial charge in [-0.15, -0.1) is 0 Å². The van der Waals surface area contributed by atoms with E-state index in [0.29, 0.717) is 6.42 Å². The monoisotopic (exact) mass is 193 g/mol. The third-order valence-corrected chi connectivity index (χ3v) is 2.90. The molecule has 2 heteroatoms. The van der Waals surface area contributed by atoms with Gasteiger partial charge in [0.15, 0.2) is 0 Å². The van der Waals surface area contributed by atoms with Gasteiger partial charge in [-0.2, -0.15) is 0 Å². The van der Waals surface area contributed by atoms with Crippen LogP contribution in [0, 0.1) is 6.92 Å². The quantitative estimate of drug-likeness (QED) is 0.722. The topological polar surface area (TPSA) is 12.0 Å². The number of halogens is 1. The molecule has 14 heavy (non-hydrogen) atoms. The molecule has 1 saturated heterocycles. The summed E-state index contributed by atoms with van der Waals surface area (Å²) in [5.74, 6) is 0.0457. The second kappa shape index (κ2) is 4.09. The Morgan fingerprint density at radius 1 is 1.29 bits per heavy atom. The number of piperidine rings is 1. The Bertz CT molecular complexity index is 294. The molecule has 1 fully saturated rings. The minimum Gasteiger partial charge on any atom is -0.316 e. The zero-order valence-corrected chi connectivity index (χ0v) is 8.46. The first kappa shape index (κ1) is 9.66. The number of nitrogens with one attached hydrogen (secondary N) is 1. The number of alkyl halides is 1. The predicted molar refractivity (Wildman–Crippen MR) is 56.3 cm³/mol. The molecule has 0 radical (unpaired) electrons. The van der Waals surface area contributed by atoms with E-state index in [1.54, 1.807) is 0 Å². The summed E-state index contributed by atoms with van der Waals surface area (Å²) in [6, 6.07) is 8.19. The fourth-order valence-corrected chi connectivity index (χ4v) is 1.97. The largest absolute Gasteiger partial charge is 0.316 e. The van der Waals surface area contributed by atoms with E-state index in [2.05, 4.69) is 24.4 Å². The van der Waals surface area contributed by atoms with E-state index in [0.717, 1.165) is 18.7 Å². The highest BCUT2D eigenvalue weighted by Gasteiger charge is 2.25. The fraction of sp³-hybridized carbons (Fsp3) is 0.500. The first-order valence-electron chi connectivity index (χ1n) is 5.19. The average molecular weight is 193 g/mol. The molecule has 0 spiro atoms. The normalized spacial score (nSPS) is 27.6. The van der Waals surface area contributed by atoms with Gasteiger partial charge in [0.05, 0.1) is 0 Å². The Morgan fingerprint density at radius 3 is 2.64 bits per heavy atom. The van der Waals surface area contributed by atoms with Gasteiger partial charge in [-0.1, -0.05) is 29.8 Å². The van der Waals surface area contributed by atoms with Gasteiger partial charge in [-0.25, -0.2) is 4.39 Å². The van der Waals surface area contributed by atoms with Crippen molar-refractivity contribution >= 4 is 0 Å². The first-order chi connectivity index (χ1) is 6.77. The molecule has 2 unspecified atom stereocenters. The van der Waals surface area contributed by atoms with Crippen LogP contribution in [-0.2, 0) is 0 Å². The molecule has 1 aliphatic rings. The lowest BCUT2D eigenvalue weighted by molar-refractivity contribution is 0.228. The SMILES string of the molecule is Cc1ccc(C2CNCCC2F)cc1. The van der Waals surface area contributed by atoms with E-state index >= 15 is 0 Å². The van der Waals surface area contributed by atoms with Crippen LogP contribution in [0.4, 0.5) is 4.39 Å². The van der Waals surface area contributed by atoms with Crippen molar-refractivity contribution in [2.75, 3.05) is 13.1 Å². The summed E-state index contributed by atoms with van der Waals surface area (Å²) < 4.78 is 13.6. The van der Waals surface area contributed by atoms with Gasteiger partial charge in [0, 0.05) is 12.5 Å². The van der Waals surface area contributed by atoms with Crippen molar-refractivity contribution in [2.45, 2.75) is 25.4 Å². The van der Waals surface area contributed by atoms with Crippen LogP contribution in [0.5, 0.6) is 0 Å². The molecule has 2 rings (SSSR count). The lowest BCUT2D eigenvalue weighted by atomic mass is 9.89. The van der Waals surface area contributed by atoms with Crippen LogP contribution in [0.25, 0.3) is 0 Å². The van der Waals surface area contributed by atoms with Crippen molar-refractivity contribution in [1.82, 2.24) is 5.32 Å². The van der Waals surface area contributed by atoms with Gasteiger partial charge in [0.2, 0.25) is 0 Å². The minimum absolute atomic E-state index is 0.0457. The molecule has 1 nitrogen and oxygen atoms in total. The molecule has 0 aliphatic carbocycles. The van der Waals surface area contributed by atoms with Crippen LogP contribution in [-0.4, -0.2) is 19.3 Å². The van der Waals surface area contributed by atoms with Crippen LogP contribution in [0.2, 0.25) is 0 Å². The molecular weight excluding hydrogens is 177 g/mol. The van der Waals surface area contributed by atoms with Gasteiger partial charge in [-0.05, 0) is 25.5 Å². The summed E-state index contributed by atoms with van der Waals surface area (Å²) in [6.45, 7) is 3.63. The summed E-state index contributed by atoms with van der Waals surface area (Å²) in [5, 5.41) is 3.24. The number of hydrogen-bond donors (Lipinski definition) is 1. The van der Waals surface area contributed by atoms with E-state index in [-0.39, 0.29) is 5.92 Å². The maximum atomic E-state index is 13.6.